The summed E-state index contributed by atoms with van der Waals surface area (Å²) in [6.07, 6.45) is -1.92. The molecule has 37 heavy (non-hydrogen) atoms. The number of nitrogens with one attached hydrogen (secondary N) is 3. The van der Waals surface area contributed by atoms with Gasteiger partial charge in [-0.15, -0.1) is 13.2 Å². The smallest absolute Gasteiger partial charge is 0.406 e. The number of aromatic nitrogens is 4. The summed E-state index contributed by atoms with van der Waals surface area (Å²) in [6, 6.07) is 6.03. The van der Waals surface area contributed by atoms with Crippen LogP contribution in [-0.2, 0) is 0 Å². The third-order valence-electron chi connectivity index (χ3n) is 5.03. The van der Waals surface area contributed by atoms with Gasteiger partial charge in [-0.05, 0) is 43.3 Å². The van der Waals surface area contributed by atoms with Gasteiger partial charge in [0.1, 0.15) is 22.9 Å². The molecule has 0 aliphatic carbocycles. The van der Waals surface area contributed by atoms with Gasteiger partial charge in [0.2, 0.25) is 0 Å². The maximum atomic E-state index is 14.2. The minimum atomic E-state index is -4.96. The first-order valence-corrected chi connectivity index (χ1v) is 11.2. The summed E-state index contributed by atoms with van der Waals surface area (Å²) in [7, 11) is 1.71. The molecule has 0 fully saturated rings. The van der Waals surface area contributed by atoms with Crippen molar-refractivity contribution in [3.8, 4) is 17.0 Å². The van der Waals surface area contributed by atoms with Gasteiger partial charge >= 0.3 is 6.36 Å². The van der Waals surface area contributed by atoms with Crippen molar-refractivity contribution in [3.05, 3.63) is 76.1 Å². The van der Waals surface area contributed by atoms with Gasteiger partial charge in [-0.1, -0.05) is 13.8 Å². The van der Waals surface area contributed by atoms with Crippen LogP contribution >= 0.6 is 0 Å². The van der Waals surface area contributed by atoms with Crippen LogP contribution in [0.3, 0.4) is 0 Å². The first-order valence-electron chi connectivity index (χ1n) is 11.2. The largest absolute Gasteiger partial charge is 0.573 e. The van der Waals surface area contributed by atoms with E-state index in [-0.39, 0.29) is 11.1 Å². The Hall–Kier alpha value is -4.42. The molecular weight excluding hydrogens is 496 g/mol. The van der Waals surface area contributed by atoms with Gasteiger partial charge in [0.15, 0.2) is 5.65 Å². The van der Waals surface area contributed by atoms with Crippen molar-refractivity contribution in [2.24, 2.45) is 0 Å². The summed E-state index contributed by atoms with van der Waals surface area (Å²) in [5, 5.41) is 9.73. The number of nitrogens with zero attached hydrogens (tertiary/aromatic N) is 3. The first kappa shape index (κ1) is 27.2. The number of anilines is 1. The van der Waals surface area contributed by atoms with E-state index in [0.29, 0.717) is 22.7 Å². The highest BCUT2D eigenvalue weighted by Crippen LogP contribution is 2.27. The molecule has 0 aliphatic heterocycles. The number of amides is 1. The molecule has 3 N–H and O–H groups in total. The fourth-order valence-corrected chi connectivity index (χ4v) is 3.36. The molecule has 0 spiro atoms. The Morgan fingerprint density at radius 1 is 1.16 bits per heavy atom. The van der Waals surface area contributed by atoms with Gasteiger partial charge in [-0.2, -0.15) is 5.10 Å². The number of carbonyl (C=O) groups excluding carboxylic acids is 1. The van der Waals surface area contributed by atoms with Crippen molar-refractivity contribution in [1.82, 2.24) is 24.9 Å². The summed E-state index contributed by atoms with van der Waals surface area (Å²) in [5.74, 6) is -1.75. The van der Waals surface area contributed by atoms with Crippen LogP contribution < -0.4 is 20.9 Å². The van der Waals surface area contributed by atoms with Crippen LogP contribution in [0.5, 0.6) is 5.75 Å². The second-order valence-electron chi connectivity index (χ2n) is 7.45. The number of fused-ring (bicyclic) bond motifs is 1. The van der Waals surface area contributed by atoms with Gasteiger partial charge in [-0.25, -0.2) is 13.9 Å². The zero-order chi connectivity index (χ0) is 27.3. The van der Waals surface area contributed by atoms with Crippen molar-refractivity contribution in [3.63, 3.8) is 0 Å². The van der Waals surface area contributed by atoms with Crippen molar-refractivity contribution in [2.45, 2.75) is 33.2 Å². The second-order valence-corrected chi connectivity index (χ2v) is 7.45. The number of aromatic amines is 1. The Bertz CT molecular complexity index is 1470. The SMILES string of the molecule is CC.CNc1cn2nc(-c3c[nH]c(=O)c(C(=O)NC(C)c4cc(OC(F)(F)F)ccc4F)c3)ccc2n1. The van der Waals surface area contributed by atoms with Crippen LogP contribution in [0.4, 0.5) is 23.4 Å². The van der Waals surface area contributed by atoms with Crippen LogP contribution in [0.2, 0.25) is 0 Å². The van der Waals surface area contributed by atoms with E-state index >= 15 is 0 Å². The molecular formula is C24H24F4N6O3. The second kappa shape index (κ2) is 11.1. The molecule has 0 radical (unpaired) electrons. The lowest BCUT2D eigenvalue weighted by Gasteiger charge is -2.17. The van der Waals surface area contributed by atoms with Gasteiger partial charge in [0, 0.05) is 24.4 Å². The average molecular weight is 520 g/mol. The molecule has 13 heteroatoms. The van der Waals surface area contributed by atoms with Crippen molar-refractivity contribution in [2.75, 3.05) is 12.4 Å². The lowest BCUT2D eigenvalue weighted by atomic mass is 10.1. The summed E-state index contributed by atoms with van der Waals surface area (Å²) in [6.45, 7) is 5.36. The molecule has 4 aromatic rings. The molecule has 0 aliphatic rings. The lowest BCUT2D eigenvalue weighted by Crippen LogP contribution is -2.32. The number of ether oxygens (including phenoxy) is 1. The van der Waals surface area contributed by atoms with E-state index in [0.717, 1.165) is 18.2 Å². The zero-order valence-electron chi connectivity index (χ0n) is 20.3. The number of H-pyrrole nitrogens is 1. The topological polar surface area (TPSA) is 113 Å². The van der Waals surface area contributed by atoms with E-state index in [2.05, 4.69) is 30.4 Å². The summed E-state index contributed by atoms with van der Waals surface area (Å²) >= 11 is 0. The molecule has 0 saturated carbocycles. The minimum absolute atomic E-state index is 0.250. The quantitative estimate of drug-likeness (QED) is 0.318. The maximum absolute atomic E-state index is 14.2. The summed E-state index contributed by atoms with van der Waals surface area (Å²) in [4.78, 5) is 31.9. The fourth-order valence-electron chi connectivity index (χ4n) is 3.36. The third-order valence-corrected chi connectivity index (χ3v) is 5.03. The summed E-state index contributed by atoms with van der Waals surface area (Å²) in [5.41, 5.74) is 0.165. The molecule has 1 unspecified atom stereocenters. The van der Waals surface area contributed by atoms with E-state index < -0.39 is 35.4 Å². The van der Waals surface area contributed by atoms with Crippen LogP contribution in [0.15, 0.2) is 53.6 Å². The Balaban J connectivity index is 0.00000186. The fraction of sp³-hybridized carbons (Fsp3) is 0.250. The Morgan fingerprint density at radius 2 is 1.89 bits per heavy atom. The predicted octanol–water partition coefficient (Wildman–Crippen LogP) is 4.68. The third kappa shape index (κ3) is 6.42. The average Bonchev–Trinajstić information content (AvgIpc) is 3.28. The molecule has 3 heterocycles. The van der Waals surface area contributed by atoms with E-state index in [1.165, 1.54) is 23.7 Å². The lowest BCUT2D eigenvalue weighted by molar-refractivity contribution is -0.274. The number of halogens is 4. The Labute approximate surface area is 208 Å². The number of imidazole rings is 1. The monoisotopic (exact) mass is 520 g/mol. The van der Waals surface area contributed by atoms with E-state index in [9.17, 15) is 27.2 Å². The molecule has 1 aromatic carbocycles. The van der Waals surface area contributed by atoms with Gasteiger partial charge in [0.05, 0.1) is 17.9 Å². The number of rotatable bonds is 6. The highest BCUT2D eigenvalue weighted by atomic mass is 19.4. The highest BCUT2D eigenvalue weighted by Gasteiger charge is 2.31. The maximum Gasteiger partial charge on any atom is 0.573 e. The van der Waals surface area contributed by atoms with Gasteiger partial charge in [-0.3, -0.25) is 9.59 Å². The van der Waals surface area contributed by atoms with Crippen LogP contribution in [0.1, 0.15) is 42.7 Å². The molecule has 196 valence electrons. The number of hydrogen-bond acceptors (Lipinski definition) is 6. The van der Waals surface area contributed by atoms with Crippen LogP contribution in [0, 0.1) is 5.82 Å². The van der Waals surface area contributed by atoms with Crippen LogP contribution in [-0.4, -0.2) is 38.9 Å². The van der Waals surface area contributed by atoms with E-state index in [1.807, 2.05) is 13.8 Å². The molecule has 0 bridgehead atoms. The minimum Gasteiger partial charge on any atom is -0.406 e. The van der Waals surface area contributed by atoms with Gasteiger partial charge in [0.25, 0.3) is 11.5 Å². The molecule has 4 rings (SSSR count). The first-order chi connectivity index (χ1) is 17.5. The predicted molar refractivity (Wildman–Crippen MR) is 129 cm³/mol. The zero-order valence-corrected chi connectivity index (χ0v) is 20.3. The molecule has 1 atom stereocenters. The number of hydrogen-bond donors (Lipinski definition) is 3. The molecule has 0 saturated heterocycles. The van der Waals surface area contributed by atoms with E-state index in [1.54, 1.807) is 25.4 Å². The number of carbonyl (C=O) groups is 1. The van der Waals surface area contributed by atoms with Crippen molar-refractivity contribution < 1.29 is 27.1 Å². The summed E-state index contributed by atoms with van der Waals surface area (Å²) < 4.78 is 57.1. The van der Waals surface area contributed by atoms with Crippen LogP contribution in [0.25, 0.3) is 16.9 Å². The Morgan fingerprint density at radius 3 is 2.57 bits per heavy atom. The standard InChI is InChI=1S/C22H18F4N6O3.C2H6/c1-11(14-8-13(3-4-16(14)23)35-22(24,25)26)29-21(34)15-7-12(9-28-20(15)33)17-5-6-19-30-18(27-2)10-32(19)31-17;1-2/h3-11,27H,1-2H3,(H,28,33)(H,29,34);1-2H3. The number of alkyl halides is 3. The molecule has 1 amide bonds. The molecule has 3 aromatic heterocycles. The highest BCUT2D eigenvalue weighted by molar-refractivity contribution is 5.95. The molecule has 9 nitrogen and oxygen atoms in total. The Kier molecular flexibility index (Phi) is 8.15. The van der Waals surface area contributed by atoms with Crippen molar-refractivity contribution in [1.29, 1.82) is 0 Å². The van der Waals surface area contributed by atoms with E-state index in [4.69, 9.17) is 0 Å². The van der Waals surface area contributed by atoms with Gasteiger partial charge < -0.3 is 20.4 Å². The number of pyridine rings is 1. The van der Waals surface area contributed by atoms with Crippen molar-refractivity contribution >= 4 is 17.4 Å². The number of benzene rings is 1. The normalized spacial score (nSPS) is 11.9.